The van der Waals surface area contributed by atoms with Crippen molar-refractivity contribution in [3.05, 3.63) is 0 Å². The first-order valence-corrected chi connectivity index (χ1v) is 30.8. The Morgan fingerprint density at radius 2 is 0.870 bits per heavy atom. The fourth-order valence-electron chi connectivity index (χ4n) is 0.530. The van der Waals surface area contributed by atoms with Crippen molar-refractivity contribution in [3.8, 4) is 5.40 Å². The molecule has 0 radical (unpaired) electrons. The zero-order valence-electron chi connectivity index (χ0n) is 9.52. The third-order valence-electron chi connectivity index (χ3n) is 1.55. The van der Waals surface area contributed by atoms with Gasteiger partial charge in [-0.1, -0.05) is 27.6 Å². The van der Waals surface area contributed by atoms with Gasteiger partial charge >= 0.3 is 0 Å². The van der Waals surface area contributed by atoms with E-state index in [0.717, 1.165) is 0 Å². The fraction of sp³-hybridized carbons (Fsp3) is 0. The zero-order chi connectivity index (χ0) is 19.3. The minimum atomic E-state index is -3.06. The molecule has 22 heteroatoms. The number of hydrogen-bond acceptors (Lipinski definition) is 16. The van der Waals surface area contributed by atoms with E-state index in [0.29, 0.717) is 0 Å². The molecule has 0 rings (SSSR count). The van der Waals surface area contributed by atoms with Gasteiger partial charge in [0.05, 0.1) is 6.18 Å². The first-order chi connectivity index (χ1) is 9.75. The molecule has 0 aliphatic rings. The lowest BCUT2D eigenvalue weighted by Gasteiger charge is -2.30. The summed E-state index contributed by atoms with van der Waals surface area (Å²) in [6, 6.07) is 0. The van der Waals surface area contributed by atoms with Crippen molar-refractivity contribution in [2.24, 2.45) is 0 Å². The van der Waals surface area contributed by atoms with Gasteiger partial charge in [-0.15, -0.1) is 0 Å². The number of rotatable bonds is 6. The summed E-state index contributed by atoms with van der Waals surface area (Å²) < 4.78 is 0. The van der Waals surface area contributed by atoms with Crippen LogP contribution in [-0.2, 0) is 196 Å². The predicted molar refractivity (Wildman–Crippen MR) is 160 cm³/mol. The molecular weight excluding hydrogens is 699 g/mol. The molecule has 0 heterocycles. The van der Waals surface area contributed by atoms with Crippen LogP contribution in [0.25, 0.3) is 0 Å². The average Bonchev–Trinajstić information content (AvgIpc) is 2.37. The second-order valence-corrected chi connectivity index (χ2v) is 68.7. The number of nitriles is 1. The van der Waals surface area contributed by atoms with Crippen molar-refractivity contribution in [2.45, 2.75) is 0 Å². The molecular formula is CNS21-. The lowest BCUT2D eigenvalue weighted by molar-refractivity contribution is 1.57. The van der Waals surface area contributed by atoms with Crippen LogP contribution in [0.15, 0.2) is 0 Å². The number of hydrogen-bond donors (Lipinski definition) is 0. The Morgan fingerprint density at radius 1 is 0.565 bits per heavy atom. The maximum Gasteiger partial charge on any atom is 0.152 e. The quantitative estimate of drug-likeness (QED) is 0.211. The highest BCUT2D eigenvalue weighted by Crippen LogP contribution is 2.32. The van der Waals surface area contributed by atoms with E-state index in [1.807, 2.05) is 0 Å². The van der Waals surface area contributed by atoms with Crippen LogP contribution in [-0.4, -0.2) is 0 Å². The van der Waals surface area contributed by atoms with E-state index in [1.54, 1.807) is 5.40 Å². The van der Waals surface area contributed by atoms with Gasteiger partial charge in [0.25, 0.3) is 0 Å². The van der Waals surface area contributed by atoms with Gasteiger partial charge in [-0.25, -0.2) is 22.4 Å². The molecule has 0 aliphatic carbocycles. The fourth-order valence-corrected chi connectivity index (χ4v) is 112. The molecule has 0 unspecified atom stereocenters. The molecule has 0 aromatic heterocycles. The molecule has 0 fully saturated rings. The van der Waals surface area contributed by atoms with Crippen molar-refractivity contribution in [1.82, 2.24) is 0 Å². The Kier molecular flexibility index (Phi) is 11.0. The molecule has 0 aromatic rings. The standard InChI is InChI=1S/CNS21/c2-1-18(5,6)20(9,10)22(13,14)23(15,16)21(11,12)19(7,8)17(3)4/q-1. The molecule has 0 amide bonds. The molecule has 0 aromatic carbocycles. The largest absolute Gasteiger partial charge is 0.271 e. The SMILES string of the molecule is N#CS(=S)(=S)S(=S)(=S)S(=S)(=S)S(=S)(=S)S(=S)(=S)S(=S)(=S)[S-](=S)=S. The second-order valence-electron chi connectivity index (χ2n) is 2.79. The van der Waals surface area contributed by atoms with E-state index in [1.165, 1.54) is 0 Å². The predicted octanol–water partition coefficient (Wildman–Crippen LogP) is -0.0336. The Labute approximate surface area is 202 Å². The van der Waals surface area contributed by atoms with Crippen LogP contribution in [0.3, 0.4) is 0 Å². The van der Waals surface area contributed by atoms with Gasteiger partial charge in [0.15, 0.2) is 5.40 Å². The first kappa shape index (κ1) is 28.0. The smallest absolute Gasteiger partial charge is 0.152 e. The molecule has 0 spiro atoms. The van der Waals surface area contributed by atoms with Gasteiger partial charge in [0.2, 0.25) is 0 Å². The van der Waals surface area contributed by atoms with Gasteiger partial charge in [-0.2, -0.15) is 5.26 Å². The van der Waals surface area contributed by atoms with Crippen molar-refractivity contribution in [2.75, 3.05) is 0 Å². The van der Waals surface area contributed by atoms with Gasteiger partial charge in [0, 0.05) is 20.8 Å². The summed E-state index contributed by atoms with van der Waals surface area (Å²) in [6.07, 6.45) is -2.95. The maximum atomic E-state index is 9.22. The number of nitrogens with zero attached hydrogens (tertiary/aromatic N) is 1. The third-order valence-corrected chi connectivity index (χ3v) is 112. The Bertz CT molecular complexity index is 1250. The highest BCUT2D eigenvalue weighted by Gasteiger charge is 2.34. The minimum absolute atomic E-state index is 1.28. The third kappa shape index (κ3) is 4.86. The van der Waals surface area contributed by atoms with E-state index in [4.69, 9.17) is 157 Å². The van der Waals surface area contributed by atoms with Crippen molar-refractivity contribution >= 4 is 196 Å². The molecule has 0 bridgehead atoms. The van der Waals surface area contributed by atoms with Gasteiger partial charge in [-0.05, 0) is 112 Å². The topological polar surface area (TPSA) is 23.8 Å². The molecule has 0 N–H and O–H groups in total. The van der Waals surface area contributed by atoms with Gasteiger partial charge in [0.1, 0.15) is 0 Å². The minimum Gasteiger partial charge on any atom is -0.271 e. The van der Waals surface area contributed by atoms with Crippen LogP contribution in [0.1, 0.15) is 0 Å². The van der Waals surface area contributed by atoms with E-state index in [2.05, 4.69) is 0 Å². The molecule has 0 saturated carbocycles. The van der Waals surface area contributed by atoms with Crippen molar-refractivity contribution in [3.63, 3.8) is 0 Å². The van der Waals surface area contributed by atoms with Crippen LogP contribution >= 0.6 is 0 Å². The first-order valence-electron chi connectivity index (χ1n) is 3.76. The van der Waals surface area contributed by atoms with Crippen LogP contribution in [0.4, 0.5) is 0 Å². The average molecular weight is 699 g/mol. The maximum absolute atomic E-state index is 9.22. The normalized spacial score (nSPS) is 15.1. The summed E-state index contributed by atoms with van der Waals surface area (Å²) in [6.45, 7) is 0. The van der Waals surface area contributed by atoms with Crippen LogP contribution in [0.5, 0.6) is 0 Å². The van der Waals surface area contributed by atoms with Gasteiger partial charge in [-0.3, -0.25) is 7.05 Å². The summed E-state index contributed by atoms with van der Waals surface area (Å²) in [5.41, 5.74) is 0. The molecule has 0 saturated heterocycles. The lowest BCUT2D eigenvalue weighted by Crippen LogP contribution is -2.31. The van der Waals surface area contributed by atoms with Crippen molar-refractivity contribution in [1.29, 1.82) is 5.26 Å². The van der Waals surface area contributed by atoms with Crippen molar-refractivity contribution < 1.29 is 0 Å². The molecule has 0 aliphatic heterocycles. The van der Waals surface area contributed by atoms with E-state index in [9.17, 15) is 5.26 Å². The Morgan fingerprint density at radius 3 is 1.13 bits per heavy atom. The summed E-state index contributed by atoms with van der Waals surface area (Å²) in [5, 5.41) is -3.71. The summed E-state index contributed by atoms with van der Waals surface area (Å²) in [5.74, 6) is 0. The molecule has 23 heavy (non-hydrogen) atoms. The Hall–Kier alpha value is 5.02. The Balaban J connectivity index is 7.33. The van der Waals surface area contributed by atoms with E-state index in [-0.39, 0.29) is 0 Å². The van der Waals surface area contributed by atoms with E-state index >= 15 is 0 Å². The highest BCUT2D eigenvalue weighted by molar-refractivity contribution is 9.67. The summed E-state index contributed by atoms with van der Waals surface area (Å²) in [7, 11) is -1.28. The highest BCUT2D eigenvalue weighted by atomic mass is 34.4. The summed E-state index contributed by atoms with van der Waals surface area (Å²) >= 11 is 74.5. The summed E-state index contributed by atoms with van der Waals surface area (Å²) in [4.78, 5) is 0. The van der Waals surface area contributed by atoms with Gasteiger partial charge < -0.3 is 0 Å². The zero-order valence-corrected chi connectivity index (χ0v) is 26.7. The molecule has 136 valence electrons. The second kappa shape index (κ2) is 9.03. The number of thiocyanates is 1. The van der Waals surface area contributed by atoms with E-state index < -0.39 is 39.3 Å². The monoisotopic (exact) mass is 697 g/mol. The lowest BCUT2D eigenvalue weighted by atomic mass is 11.8. The molecule has 0 atom stereocenters. The van der Waals surface area contributed by atoms with Crippen LogP contribution in [0.2, 0.25) is 0 Å². The van der Waals surface area contributed by atoms with Crippen LogP contribution in [0, 0.1) is 10.7 Å². The van der Waals surface area contributed by atoms with Crippen LogP contribution < -0.4 is 0 Å². The molecule has 1 nitrogen and oxygen atoms in total.